The predicted octanol–water partition coefficient (Wildman–Crippen LogP) is 2.85. The van der Waals surface area contributed by atoms with Gasteiger partial charge in [-0.1, -0.05) is 12.1 Å². The molecule has 1 aliphatic rings. The summed E-state index contributed by atoms with van der Waals surface area (Å²) >= 11 is 1.80. The van der Waals surface area contributed by atoms with E-state index in [-0.39, 0.29) is 5.91 Å². The Bertz CT molecular complexity index is 603. The van der Waals surface area contributed by atoms with Crippen LogP contribution >= 0.6 is 11.3 Å². The van der Waals surface area contributed by atoms with Crippen molar-refractivity contribution in [3.05, 3.63) is 51.7 Å². The molecular formula is C16H18N2OS. The van der Waals surface area contributed by atoms with Gasteiger partial charge in [0.15, 0.2) is 0 Å². The van der Waals surface area contributed by atoms with Gasteiger partial charge < -0.3 is 10.6 Å². The highest BCUT2D eigenvalue weighted by Crippen LogP contribution is 2.24. The Hall–Kier alpha value is -1.81. The summed E-state index contributed by atoms with van der Waals surface area (Å²) in [6.45, 7) is 1.63. The summed E-state index contributed by atoms with van der Waals surface area (Å²) in [5.74, 6) is 0.249. The smallest absolute Gasteiger partial charge is 0.223 e. The molecule has 0 spiro atoms. The standard InChI is InChI=1S/C16H18N2OS/c17-14-4-1-12(2-5-14)3-6-16(19)18-9-7-15-13(11-18)8-10-20-15/h1-2,4-5,8,10H,3,6-7,9,11,17H2. The minimum atomic E-state index is 0.249. The molecular weight excluding hydrogens is 268 g/mol. The van der Waals surface area contributed by atoms with Gasteiger partial charge in [0.25, 0.3) is 0 Å². The van der Waals surface area contributed by atoms with Gasteiger partial charge in [-0.3, -0.25) is 4.79 Å². The van der Waals surface area contributed by atoms with Gasteiger partial charge >= 0.3 is 0 Å². The fourth-order valence-corrected chi connectivity index (χ4v) is 3.44. The minimum absolute atomic E-state index is 0.249. The topological polar surface area (TPSA) is 46.3 Å². The molecule has 3 nitrogen and oxygen atoms in total. The van der Waals surface area contributed by atoms with E-state index in [9.17, 15) is 4.79 Å². The molecule has 20 heavy (non-hydrogen) atoms. The van der Waals surface area contributed by atoms with Crippen molar-refractivity contribution in [2.24, 2.45) is 0 Å². The van der Waals surface area contributed by atoms with Crippen LogP contribution in [0.4, 0.5) is 5.69 Å². The number of thiophene rings is 1. The molecule has 0 unspecified atom stereocenters. The Kier molecular flexibility index (Phi) is 3.74. The normalized spacial score (nSPS) is 14.1. The number of carbonyl (C=O) groups excluding carboxylic acids is 1. The van der Waals surface area contributed by atoms with Gasteiger partial charge in [0.1, 0.15) is 0 Å². The Balaban J connectivity index is 1.56. The molecule has 0 aliphatic carbocycles. The molecule has 0 fully saturated rings. The zero-order chi connectivity index (χ0) is 13.9. The Morgan fingerprint density at radius 1 is 1.25 bits per heavy atom. The molecule has 1 aliphatic heterocycles. The van der Waals surface area contributed by atoms with Gasteiger partial charge in [0.2, 0.25) is 5.91 Å². The minimum Gasteiger partial charge on any atom is -0.399 e. The van der Waals surface area contributed by atoms with E-state index in [1.165, 1.54) is 16.0 Å². The van der Waals surface area contributed by atoms with E-state index in [1.54, 1.807) is 11.3 Å². The highest BCUT2D eigenvalue weighted by atomic mass is 32.1. The van der Waals surface area contributed by atoms with Crippen LogP contribution in [-0.2, 0) is 24.2 Å². The summed E-state index contributed by atoms with van der Waals surface area (Å²) in [6.07, 6.45) is 2.36. The van der Waals surface area contributed by atoms with Crippen molar-refractivity contribution in [1.82, 2.24) is 4.90 Å². The number of amides is 1. The summed E-state index contributed by atoms with van der Waals surface area (Å²) in [5, 5.41) is 2.12. The molecule has 4 heteroatoms. The summed E-state index contributed by atoms with van der Waals surface area (Å²) in [7, 11) is 0. The van der Waals surface area contributed by atoms with E-state index in [1.807, 2.05) is 29.2 Å². The zero-order valence-electron chi connectivity index (χ0n) is 11.3. The summed E-state index contributed by atoms with van der Waals surface area (Å²) in [5.41, 5.74) is 8.91. The molecule has 2 aromatic rings. The molecule has 0 bridgehead atoms. The van der Waals surface area contributed by atoms with Gasteiger partial charge in [0, 0.05) is 30.1 Å². The molecule has 1 aromatic carbocycles. The van der Waals surface area contributed by atoms with Gasteiger partial charge in [-0.2, -0.15) is 0 Å². The summed E-state index contributed by atoms with van der Waals surface area (Å²) in [6, 6.07) is 9.90. The number of hydrogen-bond acceptors (Lipinski definition) is 3. The maximum absolute atomic E-state index is 12.3. The highest BCUT2D eigenvalue weighted by Gasteiger charge is 2.20. The highest BCUT2D eigenvalue weighted by molar-refractivity contribution is 7.10. The number of rotatable bonds is 3. The number of aryl methyl sites for hydroxylation is 1. The van der Waals surface area contributed by atoms with Crippen LogP contribution in [0.2, 0.25) is 0 Å². The molecule has 0 saturated carbocycles. The fraction of sp³-hybridized carbons (Fsp3) is 0.312. The Morgan fingerprint density at radius 3 is 2.85 bits per heavy atom. The van der Waals surface area contributed by atoms with Crippen LogP contribution < -0.4 is 5.73 Å². The largest absolute Gasteiger partial charge is 0.399 e. The first-order valence-electron chi connectivity index (χ1n) is 6.90. The zero-order valence-corrected chi connectivity index (χ0v) is 12.2. The van der Waals surface area contributed by atoms with Crippen LogP contribution in [0, 0.1) is 0 Å². The van der Waals surface area contributed by atoms with E-state index in [2.05, 4.69) is 11.4 Å². The third kappa shape index (κ3) is 2.85. The predicted molar refractivity (Wildman–Crippen MR) is 82.6 cm³/mol. The second-order valence-corrected chi connectivity index (χ2v) is 6.18. The molecule has 104 valence electrons. The monoisotopic (exact) mass is 286 g/mol. The van der Waals surface area contributed by atoms with Crippen molar-refractivity contribution in [3.63, 3.8) is 0 Å². The number of anilines is 1. The van der Waals surface area contributed by atoms with Gasteiger partial charge in [-0.05, 0) is 47.5 Å². The molecule has 0 radical (unpaired) electrons. The van der Waals surface area contributed by atoms with Crippen molar-refractivity contribution in [1.29, 1.82) is 0 Å². The number of benzene rings is 1. The van der Waals surface area contributed by atoms with Crippen molar-refractivity contribution in [2.75, 3.05) is 12.3 Å². The van der Waals surface area contributed by atoms with Crippen LogP contribution in [0.1, 0.15) is 22.4 Å². The van der Waals surface area contributed by atoms with Crippen LogP contribution in [-0.4, -0.2) is 17.4 Å². The van der Waals surface area contributed by atoms with E-state index < -0.39 is 0 Å². The van der Waals surface area contributed by atoms with E-state index >= 15 is 0 Å². The summed E-state index contributed by atoms with van der Waals surface area (Å²) < 4.78 is 0. The average Bonchev–Trinajstić information content (AvgIpc) is 2.93. The second-order valence-electron chi connectivity index (χ2n) is 5.18. The number of nitrogen functional groups attached to an aromatic ring is 1. The molecule has 1 aromatic heterocycles. The van der Waals surface area contributed by atoms with E-state index in [0.717, 1.165) is 31.6 Å². The van der Waals surface area contributed by atoms with E-state index in [0.29, 0.717) is 6.42 Å². The number of hydrogen-bond donors (Lipinski definition) is 1. The number of fused-ring (bicyclic) bond motifs is 1. The third-order valence-electron chi connectivity index (χ3n) is 3.77. The van der Waals surface area contributed by atoms with Crippen molar-refractivity contribution in [3.8, 4) is 0 Å². The SMILES string of the molecule is Nc1ccc(CCC(=O)N2CCc3sccc3C2)cc1. The van der Waals surface area contributed by atoms with Gasteiger partial charge in [-0.15, -0.1) is 11.3 Å². The molecule has 0 atom stereocenters. The lowest BCUT2D eigenvalue weighted by Gasteiger charge is -2.27. The summed E-state index contributed by atoms with van der Waals surface area (Å²) in [4.78, 5) is 15.7. The third-order valence-corrected chi connectivity index (χ3v) is 4.79. The molecule has 3 rings (SSSR count). The quantitative estimate of drug-likeness (QED) is 0.882. The van der Waals surface area contributed by atoms with E-state index in [4.69, 9.17) is 5.73 Å². The maximum Gasteiger partial charge on any atom is 0.223 e. The first-order chi connectivity index (χ1) is 9.72. The molecule has 0 saturated heterocycles. The molecule has 2 N–H and O–H groups in total. The van der Waals surface area contributed by atoms with Crippen LogP contribution in [0.3, 0.4) is 0 Å². The van der Waals surface area contributed by atoms with Gasteiger partial charge in [-0.25, -0.2) is 0 Å². The Labute approximate surface area is 123 Å². The first kappa shape index (κ1) is 13.2. The van der Waals surface area contributed by atoms with Gasteiger partial charge in [0.05, 0.1) is 0 Å². The number of nitrogens with zero attached hydrogens (tertiary/aromatic N) is 1. The lowest BCUT2D eigenvalue weighted by molar-refractivity contribution is -0.132. The fourth-order valence-electron chi connectivity index (χ4n) is 2.56. The van der Waals surface area contributed by atoms with Crippen molar-refractivity contribution < 1.29 is 4.79 Å². The number of carbonyl (C=O) groups is 1. The Morgan fingerprint density at radius 2 is 2.05 bits per heavy atom. The van der Waals surface area contributed by atoms with Crippen molar-refractivity contribution in [2.45, 2.75) is 25.8 Å². The first-order valence-corrected chi connectivity index (χ1v) is 7.78. The number of nitrogens with two attached hydrogens (primary N) is 1. The lowest BCUT2D eigenvalue weighted by Crippen LogP contribution is -2.35. The van der Waals surface area contributed by atoms with Crippen molar-refractivity contribution >= 4 is 22.9 Å². The molecule has 2 heterocycles. The maximum atomic E-state index is 12.3. The molecule has 1 amide bonds. The average molecular weight is 286 g/mol. The van der Waals surface area contributed by atoms with Crippen LogP contribution in [0.5, 0.6) is 0 Å². The lowest BCUT2D eigenvalue weighted by atomic mass is 10.1. The van der Waals surface area contributed by atoms with Crippen LogP contribution in [0.25, 0.3) is 0 Å². The second kappa shape index (κ2) is 5.67. The van der Waals surface area contributed by atoms with Crippen LogP contribution in [0.15, 0.2) is 35.7 Å².